The molecule has 1 aromatic carbocycles. The van der Waals surface area contributed by atoms with Crippen LogP contribution in [0.5, 0.6) is 0 Å². The Balaban J connectivity index is 1.46. The minimum atomic E-state index is 0.117. The molecule has 23 heavy (non-hydrogen) atoms. The first-order valence-electron chi connectivity index (χ1n) is 8.18. The number of imidazole rings is 1. The van der Waals surface area contributed by atoms with Crippen molar-refractivity contribution in [2.75, 3.05) is 24.5 Å². The Morgan fingerprint density at radius 3 is 2.78 bits per heavy atom. The molecule has 5 heteroatoms. The molecule has 4 rings (SSSR count). The number of aromatic nitrogens is 2. The first-order valence-corrected chi connectivity index (χ1v) is 8.18. The molecule has 1 atom stereocenters. The minimum absolute atomic E-state index is 0.117. The van der Waals surface area contributed by atoms with Gasteiger partial charge in [0.2, 0.25) is 5.91 Å². The molecule has 3 heterocycles. The Labute approximate surface area is 136 Å². The SMILES string of the molecule is Cn1cncc1CN1CC[C@@]2(CC(=O)N(c3ccccc3)C2)C1. The third-order valence-electron chi connectivity index (χ3n) is 5.21. The lowest BCUT2D eigenvalue weighted by Gasteiger charge is -2.24. The van der Waals surface area contributed by atoms with Crippen LogP contribution in [-0.2, 0) is 18.4 Å². The fourth-order valence-corrected chi connectivity index (χ4v) is 3.94. The molecule has 2 aromatic rings. The largest absolute Gasteiger partial charge is 0.337 e. The van der Waals surface area contributed by atoms with Crippen molar-refractivity contribution in [3.8, 4) is 0 Å². The predicted molar refractivity (Wildman–Crippen MR) is 88.9 cm³/mol. The fourth-order valence-electron chi connectivity index (χ4n) is 3.94. The van der Waals surface area contributed by atoms with E-state index in [-0.39, 0.29) is 11.3 Å². The van der Waals surface area contributed by atoms with Crippen molar-refractivity contribution in [3.63, 3.8) is 0 Å². The van der Waals surface area contributed by atoms with Crippen LogP contribution in [0.2, 0.25) is 0 Å². The second-order valence-corrected chi connectivity index (χ2v) is 6.95. The van der Waals surface area contributed by atoms with Crippen LogP contribution in [-0.4, -0.2) is 40.0 Å². The molecule has 1 amide bonds. The molecule has 0 radical (unpaired) electrons. The summed E-state index contributed by atoms with van der Waals surface area (Å²) in [6.07, 6.45) is 5.54. The van der Waals surface area contributed by atoms with Crippen LogP contribution in [0.15, 0.2) is 42.9 Å². The third-order valence-corrected chi connectivity index (χ3v) is 5.21. The number of nitrogens with zero attached hydrogens (tertiary/aromatic N) is 4. The van der Waals surface area contributed by atoms with E-state index in [1.165, 1.54) is 5.69 Å². The number of likely N-dealkylation sites (tertiary alicyclic amines) is 1. The molecular formula is C18H22N4O. The van der Waals surface area contributed by atoms with Crippen LogP contribution in [0.3, 0.4) is 0 Å². The van der Waals surface area contributed by atoms with Crippen molar-refractivity contribution >= 4 is 11.6 Å². The number of anilines is 1. The van der Waals surface area contributed by atoms with Crippen LogP contribution >= 0.6 is 0 Å². The van der Waals surface area contributed by atoms with Gasteiger partial charge in [-0.15, -0.1) is 0 Å². The van der Waals surface area contributed by atoms with Gasteiger partial charge in [0.1, 0.15) is 0 Å². The lowest BCUT2D eigenvalue weighted by molar-refractivity contribution is -0.117. The zero-order valence-corrected chi connectivity index (χ0v) is 13.5. The van der Waals surface area contributed by atoms with Crippen LogP contribution < -0.4 is 4.90 Å². The van der Waals surface area contributed by atoms with Crippen molar-refractivity contribution in [1.29, 1.82) is 0 Å². The second kappa shape index (κ2) is 5.49. The Hall–Kier alpha value is -2.14. The highest BCUT2D eigenvalue weighted by Gasteiger charge is 2.47. The quantitative estimate of drug-likeness (QED) is 0.871. The molecule has 120 valence electrons. The molecule has 2 saturated heterocycles. The molecule has 1 aromatic heterocycles. The number of carbonyl (C=O) groups is 1. The summed E-state index contributed by atoms with van der Waals surface area (Å²) in [6, 6.07) is 10.0. The van der Waals surface area contributed by atoms with Gasteiger partial charge in [0.25, 0.3) is 0 Å². The van der Waals surface area contributed by atoms with E-state index < -0.39 is 0 Å². The van der Waals surface area contributed by atoms with E-state index in [0.717, 1.165) is 38.3 Å². The van der Waals surface area contributed by atoms with Gasteiger partial charge >= 0.3 is 0 Å². The van der Waals surface area contributed by atoms with Crippen molar-refractivity contribution in [1.82, 2.24) is 14.5 Å². The Kier molecular flexibility index (Phi) is 3.45. The summed E-state index contributed by atoms with van der Waals surface area (Å²) in [5.74, 6) is 0.263. The van der Waals surface area contributed by atoms with E-state index >= 15 is 0 Å². The molecule has 0 aliphatic carbocycles. The lowest BCUT2D eigenvalue weighted by atomic mass is 9.86. The summed E-state index contributed by atoms with van der Waals surface area (Å²) in [6.45, 7) is 3.81. The van der Waals surface area contributed by atoms with Gasteiger partial charge in [0.15, 0.2) is 0 Å². The van der Waals surface area contributed by atoms with E-state index in [4.69, 9.17) is 0 Å². The van der Waals surface area contributed by atoms with E-state index in [2.05, 4.69) is 14.5 Å². The smallest absolute Gasteiger partial charge is 0.227 e. The van der Waals surface area contributed by atoms with Crippen molar-refractivity contribution in [2.45, 2.75) is 19.4 Å². The molecule has 0 saturated carbocycles. The first kappa shape index (κ1) is 14.5. The number of hydrogen-bond acceptors (Lipinski definition) is 3. The maximum Gasteiger partial charge on any atom is 0.227 e. The number of aryl methyl sites for hydroxylation is 1. The second-order valence-electron chi connectivity index (χ2n) is 6.95. The minimum Gasteiger partial charge on any atom is -0.337 e. The molecule has 2 aliphatic rings. The van der Waals surface area contributed by atoms with E-state index in [0.29, 0.717) is 6.42 Å². The van der Waals surface area contributed by atoms with Crippen LogP contribution in [0.4, 0.5) is 5.69 Å². The van der Waals surface area contributed by atoms with Gasteiger partial charge in [-0.3, -0.25) is 9.69 Å². The standard InChI is InChI=1S/C18H22N4O/c1-20-14-19-10-16(20)11-21-8-7-18(12-21)9-17(23)22(13-18)15-5-3-2-4-6-15/h2-6,10,14H,7-9,11-13H2,1H3/t18-/m1/s1. The average Bonchev–Trinajstić information content (AvgIpc) is 3.22. The van der Waals surface area contributed by atoms with E-state index in [1.54, 1.807) is 0 Å². The molecule has 0 N–H and O–H groups in total. The summed E-state index contributed by atoms with van der Waals surface area (Å²) < 4.78 is 2.07. The van der Waals surface area contributed by atoms with Gasteiger partial charge in [-0.2, -0.15) is 0 Å². The number of para-hydroxylation sites is 1. The van der Waals surface area contributed by atoms with Crippen molar-refractivity contribution in [2.24, 2.45) is 12.5 Å². The van der Waals surface area contributed by atoms with Crippen LogP contribution in [0.1, 0.15) is 18.5 Å². The lowest BCUT2D eigenvalue weighted by Crippen LogP contribution is -2.31. The Morgan fingerprint density at radius 1 is 1.22 bits per heavy atom. The van der Waals surface area contributed by atoms with Crippen molar-refractivity contribution in [3.05, 3.63) is 48.5 Å². The molecule has 1 spiro atoms. The highest BCUT2D eigenvalue weighted by Crippen LogP contribution is 2.42. The van der Waals surface area contributed by atoms with Gasteiger partial charge in [-0.25, -0.2) is 4.98 Å². The molecule has 0 unspecified atom stereocenters. The predicted octanol–water partition coefficient (Wildman–Crippen LogP) is 2.05. The maximum absolute atomic E-state index is 12.5. The van der Waals surface area contributed by atoms with Crippen LogP contribution in [0.25, 0.3) is 0 Å². The summed E-state index contributed by atoms with van der Waals surface area (Å²) in [5.41, 5.74) is 2.37. The zero-order valence-electron chi connectivity index (χ0n) is 13.5. The summed E-state index contributed by atoms with van der Waals surface area (Å²) in [4.78, 5) is 21.1. The molecule has 2 fully saturated rings. The number of hydrogen-bond donors (Lipinski definition) is 0. The maximum atomic E-state index is 12.5. The van der Waals surface area contributed by atoms with Gasteiger partial charge in [-0.1, -0.05) is 18.2 Å². The Bertz CT molecular complexity index is 711. The first-order chi connectivity index (χ1) is 11.2. The van der Waals surface area contributed by atoms with Gasteiger partial charge < -0.3 is 9.47 Å². The topological polar surface area (TPSA) is 41.4 Å². The third kappa shape index (κ3) is 2.65. The van der Waals surface area contributed by atoms with E-state index in [9.17, 15) is 4.79 Å². The number of rotatable bonds is 3. The van der Waals surface area contributed by atoms with Crippen LogP contribution in [0, 0.1) is 5.41 Å². The highest BCUT2D eigenvalue weighted by molar-refractivity contribution is 5.96. The summed E-state index contributed by atoms with van der Waals surface area (Å²) >= 11 is 0. The van der Waals surface area contributed by atoms with Gasteiger partial charge in [0.05, 0.1) is 12.0 Å². The normalized spacial score (nSPS) is 24.9. The number of carbonyl (C=O) groups excluding carboxylic acids is 1. The Morgan fingerprint density at radius 2 is 2.04 bits per heavy atom. The van der Waals surface area contributed by atoms with Gasteiger partial charge in [0, 0.05) is 50.4 Å². The monoisotopic (exact) mass is 310 g/mol. The average molecular weight is 310 g/mol. The fraction of sp³-hybridized carbons (Fsp3) is 0.444. The van der Waals surface area contributed by atoms with Crippen molar-refractivity contribution < 1.29 is 4.79 Å². The molecule has 2 aliphatic heterocycles. The molecular weight excluding hydrogens is 288 g/mol. The zero-order chi connectivity index (χ0) is 15.9. The number of benzene rings is 1. The highest BCUT2D eigenvalue weighted by atomic mass is 16.2. The molecule has 0 bridgehead atoms. The number of amides is 1. The van der Waals surface area contributed by atoms with E-state index in [1.807, 2.05) is 54.8 Å². The summed E-state index contributed by atoms with van der Waals surface area (Å²) in [5, 5.41) is 0. The van der Waals surface area contributed by atoms with Gasteiger partial charge in [-0.05, 0) is 25.1 Å². The summed E-state index contributed by atoms with van der Waals surface area (Å²) in [7, 11) is 2.03. The molecule has 5 nitrogen and oxygen atoms in total.